The first-order valence-electron chi connectivity index (χ1n) is 10.8. The number of aryl methyl sites for hydroxylation is 1. The number of nitrogens with zero attached hydrogens (tertiary/aromatic N) is 1. The maximum absolute atomic E-state index is 14.0. The van der Waals surface area contributed by atoms with Gasteiger partial charge in [-0.05, 0) is 61.7 Å². The van der Waals surface area contributed by atoms with E-state index in [4.69, 9.17) is 11.6 Å². The Morgan fingerprint density at radius 2 is 1.67 bits per heavy atom. The second kappa shape index (κ2) is 9.42. The van der Waals surface area contributed by atoms with Gasteiger partial charge < -0.3 is 5.32 Å². The predicted octanol–water partition coefficient (Wildman–Crippen LogP) is 6.89. The number of benzene rings is 3. The van der Waals surface area contributed by atoms with Gasteiger partial charge in [-0.15, -0.1) is 12.4 Å². The lowest BCUT2D eigenvalue weighted by atomic mass is 9.85. The Morgan fingerprint density at radius 3 is 2.39 bits per heavy atom. The molecule has 6 heteroatoms. The number of ketones is 1. The molecule has 0 bridgehead atoms. The summed E-state index contributed by atoms with van der Waals surface area (Å²) in [5.41, 5.74) is 5.66. The summed E-state index contributed by atoms with van der Waals surface area (Å²) in [5, 5.41) is 4.10. The zero-order valence-electron chi connectivity index (χ0n) is 18.2. The molecule has 3 aromatic carbocycles. The van der Waals surface area contributed by atoms with Gasteiger partial charge in [0.25, 0.3) is 5.91 Å². The minimum atomic E-state index is -0.542. The van der Waals surface area contributed by atoms with Crippen molar-refractivity contribution in [1.82, 2.24) is 0 Å². The van der Waals surface area contributed by atoms with Crippen LogP contribution in [-0.2, 0) is 4.79 Å². The van der Waals surface area contributed by atoms with Crippen molar-refractivity contribution in [3.8, 4) is 0 Å². The number of allylic oxidation sites excluding steroid dienone is 1. The molecular weight excluding hydrogens is 455 g/mol. The van der Waals surface area contributed by atoms with Crippen LogP contribution in [-0.4, -0.2) is 11.7 Å². The van der Waals surface area contributed by atoms with Crippen molar-refractivity contribution in [3.05, 3.63) is 106 Å². The molecule has 0 radical (unpaired) electrons. The lowest BCUT2D eigenvalue weighted by Crippen LogP contribution is -2.38. The van der Waals surface area contributed by atoms with Gasteiger partial charge in [0.2, 0.25) is 0 Å². The van der Waals surface area contributed by atoms with Crippen LogP contribution in [0.1, 0.15) is 46.8 Å². The molecule has 4 nitrogen and oxygen atoms in total. The molecule has 3 aromatic rings. The molecule has 33 heavy (non-hydrogen) atoms. The largest absolute Gasteiger partial charge is 0.357 e. The van der Waals surface area contributed by atoms with Gasteiger partial charge in [0, 0.05) is 28.3 Å². The van der Waals surface area contributed by atoms with E-state index in [1.807, 2.05) is 79.7 Å². The van der Waals surface area contributed by atoms with Gasteiger partial charge in [0.05, 0.1) is 17.4 Å². The molecule has 2 aliphatic rings. The van der Waals surface area contributed by atoms with Crippen LogP contribution in [0.3, 0.4) is 0 Å². The van der Waals surface area contributed by atoms with Crippen molar-refractivity contribution in [3.63, 3.8) is 0 Å². The first-order chi connectivity index (χ1) is 15.5. The molecule has 1 N–H and O–H groups in total. The summed E-state index contributed by atoms with van der Waals surface area (Å²) in [6.45, 7) is 1.99. The monoisotopic (exact) mass is 478 g/mol. The quantitative estimate of drug-likeness (QED) is 0.436. The summed E-state index contributed by atoms with van der Waals surface area (Å²) in [4.78, 5) is 29.0. The molecule has 1 atom stereocenters. The van der Waals surface area contributed by atoms with Crippen LogP contribution >= 0.6 is 24.0 Å². The summed E-state index contributed by atoms with van der Waals surface area (Å²) in [7, 11) is 0. The van der Waals surface area contributed by atoms with E-state index >= 15 is 0 Å². The Kier molecular flexibility index (Phi) is 6.59. The van der Waals surface area contributed by atoms with Crippen LogP contribution in [0.2, 0.25) is 5.02 Å². The van der Waals surface area contributed by atoms with Crippen LogP contribution < -0.4 is 10.2 Å². The molecule has 0 fully saturated rings. The number of anilines is 2. The molecule has 1 amide bonds. The fourth-order valence-electron chi connectivity index (χ4n) is 4.55. The fourth-order valence-corrected chi connectivity index (χ4v) is 4.68. The number of para-hydroxylation sites is 2. The Balaban J connectivity index is 0.00000259. The third-order valence-electron chi connectivity index (χ3n) is 6.14. The van der Waals surface area contributed by atoms with E-state index in [0.717, 1.165) is 41.0 Å². The third kappa shape index (κ3) is 4.29. The Morgan fingerprint density at radius 1 is 0.970 bits per heavy atom. The molecule has 0 saturated heterocycles. The summed E-state index contributed by atoms with van der Waals surface area (Å²) in [6, 6.07) is 22.2. The zero-order valence-corrected chi connectivity index (χ0v) is 19.7. The number of carbonyl (C=O) groups excluding carboxylic acids is 2. The average molecular weight is 479 g/mol. The van der Waals surface area contributed by atoms with Crippen LogP contribution in [0, 0.1) is 6.92 Å². The van der Waals surface area contributed by atoms with Crippen molar-refractivity contribution < 1.29 is 9.59 Å². The molecule has 0 spiro atoms. The van der Waals surface area contributed by atoms with Crippen LogP contribution in [0.5, 0.6) is 0 Å². The summed E-state index contributed by atoms with van der Waals surface area (Å²) in [6.07, 6.45) is 2.05. The fraction of sp³-hybridized carbons (Fsp3) is 0.185. The highest BCUT2D eigenvalue weighted by Gasteiger charge is 2.39. The molecule has 1 heterocycles. The molecule has 1 unspecified atom stereocenters. The molecule has 0 saturated carbocycles. The topological polar surface area (TPSA) is 49.4 Å². The van der Waals surface area contributed by atoms with Gasteiger partial charge in [0.1, 0.15) is 0 Å². The van der Waals surface area contributed by atoms with Crippen molar-refractivity contribution >= 4 is 47.1 Å². The van der Waals surface area contributed by atoms with Crippen molar-refractivity contribution in [2.24, 2.45) is 0 Å². The number of amides is 1. The van der Waals surface area contributed by atoms with Gasteiger partial charge in [-0.1, -0.05) is 53.6 Å². The van der Waals surface area contributed by atoms with E-state index in [1.54, 1.807) is 4.90 Å². The second-order valence-electron chi connectivity index (χ2n) is 8.31. The smallest absolute Gasteiger partial charge is 0.259 e. The lowest BCUT2D eigenvalue weighted by molar-refractivity contribution is -0.116. The van der Waals surface area contributed by atoms with E-state index in [0.29, 0.717) is 22.6 Å². The van der Waals surface area contributed by atoms with E-state index in [2.05, 4.69) is 5.32 Å². The highest BCUT2D eigenvalue weighted by atomic mass is 35.5. The average Bonchev–Trinajstić information content (AvgIpc) is 2.95. The number of carbonyl (C=O) groups is 2. The normalized spacial score (nSPS) is 17.3. The molecule has 168 valence electrons. The summed E-state index contributed by atoms with van der Waals surface area (Å²) in [5.74, 6) is -0.0699. The molecule has 0 aromatic heterocycles. The summed E-state index contributed by atoms with van der Waals surface area (Å²) >= 11 is 6.17. The number of halogens is 2. The third-order valence-corrected chi connectivity index (χ3v) is 6.39. The number of fused-ring (bicyclic) bond motifs is 1. The molecule has 1 aliphatic carbocycles. The van der Waals surface area contributed by atoms with Crippen molar-refractivity contribution in [2.75, 3.05) is 10.2 Å². The Hall–Kier alpha value is -3.08. The minimum absolute atomic E-state index is 0. The first kappa shape index (κ1) is 23.1. The minimum Gasteiger partial charge on any atom is -0.357 e. The number of rotatable bonds is 2. The number of nitrogens with one attached hydrogen (secondary N) is 1. The highest BCUT2D eigenvalue weighted by molar-refractivity contribution is 6.30. The van der Waals surface area contributed by atoms with Gasteiger partial charge in [0.15, 0.2) is 5.78 Å². The molecule has 1 aliphatic heterocycles. The van der Waals surface area contributed by atoms with Gasteiger partial charge in [-0.2, -0.15) is 0 Å². The Labute approximate surface area is 204 Å². The van der Waals surface area contributed by atoms with E-state index < -0.39 is 6.04 Å². The lowest BCUT2D eigenvalue weighted by Gasteiger charge is -2.34. The van der Waals surface area contributed by atoms with E-state index in [-0.39, 0.29) is 24.1 Å². The maximum Gasteiger partial charge on any atom is 0.259 e. The second-order valence-corrected chi connectivity index (χ2v) is 8.74. The highest BCUT2D eigenvalue weighted by Crippen LogP contribution is 2.45. The zero-order chi connectivity index (χ0) is 22.2. The van der Waals surface area contributed by atoms with Crippen LogP contribution in [0.15, 0.2) is 84.1 Å². The van der Waals surface area contributed by atoms with Gasteiger partial charge >= 0.3 is 0 Å². The maximum atomic E-state index is 14.0. The SMILES string of the molecule is Cc1ccc(C(=O)N2c3ccccc3NC3=C(C(=O)CCC3)C2c2ccc(Cl)cc2)cc1.Cl. The number of hydrogen-bond acceptors (Lipinski definition) is 3. The predicted molar refractivity (Wildman–Crippen MR) is 135 cm³/mol. The number of Topliss-reactive ketones (excluding diaryl/α,β-unsaturated/α-hetero) is 1. The van der Waals surface area contributed by atoms with E-state index in [1.165, 1.54) is 0 Å². The van der Waals surface area contributed by atoms with E-state index in [9.17, 15) is 9.59 Å². The van der Waals surface area contributed by atoms with Crippen LogP contribution in [0.4, 0.5) is 11.4 Å². The molecule has 5 rings (SSSR count). The van der Waals surface area contributed by atoms with Crippen LogP contribution in [0.25, 0.3) is 0 Å². The first-order valence-corrected chi connectivity index (χ1v) is 11.2. The Bertz CT molecular complexity index is 1230. The standard InChI is InChI=1S/C27H23ClN2O2.ClH/c1-17-9-11-19(12-10-17)27(32)30-23-7-3-2-5-21(23)29-22-6-4-8-24(31)25(22)26(30)18-13-15-20(28)16-14-18;/h2-3,5,7,9-16,26,29H,4,6,8H2,1H3;1H. The van der Waals surface area contributed by atoms with Gasteiger partial charge in [-0.25, -0.2) is 0 Å². The van der Waals surface area contributed by atoms with Gasteiger partial charge in [-0.3, -0.25) is 14.5 Å². The van der Waals surface area contributed by atoms with Crippen molar-refractivity contribution in [1.29, 1.82) is 0 Å². The van der Waals surface area contributed by atoms with Crippen molar-refractivity contribution in [2.45, 2.75) is 32.2 Å². The summed E-state index contributed by atoms with van der Waals surface area (Å²) < 4.78 is 0. The molecular formula is C27H24Cl2N2O2. The number of hydrogen-bond donors (Lipinski definition) is 1.